The summed E-state index contributed by atoms with van der Waals surface area (Å²) in [6, 6.07) is -0.929. The van der Waals surface area contributed by atoms with Crippen LogP contribution in [0, 0.1) is 0 Å². The number of hydrogen-bond donors (Lipinski definition) is 7. The Morgan fingerprint density at radius 3 is 1.53 bits per heavy atom. The van der Waals surface area contributed by atoms with Crippen molar-refractivity contribution in [2.24, 2.45) is 5.73 Å². The van der Waals surface area contributed by atoms with Gasteiger partial charge in [-0.25, -0.2) is 0 Å². The number of unbranched alkanes of at least 4 members (excludes halogenated alkanes) is 2. The SMILES string of the molecule is CCCOCCOCCCC(=O)CCC(=O)NCCOCCOCCCC(=O)CCC(=O)N[C@@H](CCCCNC(=O)CCC(=O)CCCCC(C)(O)P(=O)(O)O)C(N)=O. The summed E-state index contributed by atoms with van der Waals surface area (Å²) >= 11 is 0. The molecule has 0 heterocycles. The van der Waals surface area contributed by atoms with Crippen LogP contribution in [-0.4, -0.2) is 133 Å². The third-order valence-electron chi connectivity index (χ3n) is 8.95. The van der Waals surface area contributed by atoms with Gasteiger partial charge >= 0.3 is 7.60 Å². The number of ketones is 3. The molecule has 0 aromatic rings. The summed E-state index contributed by atoms with van der Waals surface area (Å²) in [4.78, 5) is 103. The van der Waals surface area contributed by atoms with Crippen molar-refractivity contribution in [3.8, 4) is 0 Å². The molecule has 0 rings (SSSR count). The van der Waals surface area contributed by atoms with E-state index in [-0.39, 0.29) is 113 Å². The van der Waals surface area contributed by atoms with Gasteiger partial charge in [-0.15, -0.1) is 0 Å². The molecule has 20 heteroatoms. The summed E-state index contributed by atoms with van der Waals surface area (Å²) in [6.07, 6.45) is 4.54. The molecule has 0 aromatic heterocycles. The van der Waals surface area contributed by atoms with Gasteiger partial charge in [0.1, 0.15) is 23.4 Å². The summed E-state index contributed by atoms with van der Waals surface area (Å²) in [5.41, 5.74) is 5.43. The zero-order valence-corrected chi connectivity index (χ0v) is 36.0. The molecular weight excluding hydrogens is 795 g/mol. The van der Waals surface area contributed by atoms with Crippen LogP contribution < -0.4 is 21.7 Å². The van der Waals surface area contributed by atoms with E-state index in [9.17, 15) is 43.2 Å². The predicted octanol–water partition coefficient (Wildman–Crippen LogP) is 1.89. The molecule has 0 aliphatic rings. The van der Waals surface area contributed by atoms with E-state index >= 15 is 0 Å². The Bertz CT molecular complexity index is 1290. The molecule has 0 aromatic carbocycles. The molecule has 0 radical (unpaired) electrons. The van der Waals surface area contributed by atoms with Gasteiger partial charge in [0, 0.05) is 90.7 Å². The molecule has 8 N–H and O–H groups in total. The second-order valence-corrected chi connectivity index (χ2v) is 16.5. The van der Waals surface area contributed by atoms with E-state index in [1.54, 1.807) is 0 Å². The maximum absolute atomic E-state index is 12.4. The number of Topliss-reactive ketones (excluding diaryl/α,β-unsaturated/α-hetero) is 3. The Morgan fingerprint density at radius 2 is 1.03 bits per heavy atom. The Balaban J connectivity index is 3.85. The normalized spacial score (nSPS) is 13.0. The van der Waals surface area contributed by atoms with Crippen molar-refractivity contribution in [2.45, 2.75) is 141 Å². The molecule has 342 valence electrons. The third kappa shape index (κ3) is 33.3. The van der Waals surface area contributed by atoms with Crippen LogP contribution in [0.25, 0.3) is 0 Å². The molecule has 0 aliphatic carbocycles. The second-order valence-electron chi connectivity index (χ2n) is 14.5. The number of hydrogen-bond acceptors (Lipinski definition) is 13. The van der Waals surface area contributed by atoms with Crippen molar-refractivity contribution in [1.29, 1.82) is 0 Å². The molecule has 0 saturated heterocycles. The molecule has 0 spiro atoms. The van der Waals surface area contributed by atoms with E-state index in [0.717, 1.165) is 13.3 Å². The van der Waals surface area contributed by atoms with E-state index < -0.39 is 30.8 Å². The van der Waals surface area contributed by atoms with Gasteiger partial charge in [-0.1, -0.05) is 6.92 Å². The lowest BCUT2D eigenvalue weighted by Crippen LogP contribution is -2.44. The number of nitrogens with one attached hydrogen (secondary N) is 3. The number of primary amides is 1. The minimum atomic E-state index is -4.67. The average molecular weight is 867 g/mol. The molecule has 0 fully saturated rings. The minimum absolute atomic E-state index is 0.00203. The van der Waals surface area contributed by atoms with Crippen molar-refractivity contribution in [3.63, 3.8) is 0 Å². The van der Waals surface area contributed by atoms with Crippen molar-refractivity contribution in [1.82, 2.24) is 16.0 Å². The molecule has 1 unspecified atom stereocenters. The van der Waals surface area contributed by atoms with Crippen LogP contribution in [0.3, 0.4) is 0 Å². The van der Waals surface area contributed by atoms with Crippen LogP contribution in [0.5, 0.6) is 0 Å². The van der Waals surface area contributed by atoms with Gasteiger partial charge in [0.25, 0.3) is 0 Å². The minimum Gasteiger partial charge on any atom is -0.379 e. The van der Waals surface area contributed by atoms with Crippen molar-refractivity contribution < 1.29 is 72.0 Å². The summed E-state index contributed by atoms with van der Waals surface area (Å²) in [5, 5.41) is 15.6. The van der Waals surface area contributed by atoms with Gasteiger partial charge < -0.3 is 55.5 Å². The predicted molar refractivity (Wildman–Crippen MR) is 217 cm³/mol. The number of carbonyl (C=O) groups is 7. The highest BCUT2D eigenvalue weighted by Crippen LogP contribution is 2.51. The Kier molecular flexibility index (Phi) is 32.7. The second kappa shape index (κ2) is 34.5. The number of aliphatic hydroxyl groups is 1. The summed E-state index contributed by atoms with van der Waals surface area (Å²) in [5.74, 6) is -2.03. The first-order chi connectivity index (χ1) is 28.0. The maximum Gasteiger partial charge on any atom is 0.356 e. The number of carbonyl (C=O) groups excluding carboxylic acids is 7. The molecular formula is C39H71N4O15P. The lowest BCUT2D eigenvalue weighted by atomic mass is 10.1. The first kappa shape index (κ1) is 55.8. The van der Waals surface area contributed by atoms with Gasteiger partial charge in [0.2, 0.25) is 23.6 Å². The average Bonchev–Trinajstić information content (AvgIpc) is 3.17. The third-order valence-corrected chi connectivity index (χ3v) is 10.4. The van der Waals surface area contributed by atoms with Crippen LogP contribution in [0.2, 0.25) is 0 Å². The van der Waals surface area contributed by atoms with Crippen LogP contribution in [0.4, 0.5) is 0 Å². The van der Waals surface area contributed by atoms with E-state index in [2.05, 4.69) is 16.0 Å². The number of nitrogens with two attached hydrogens (primary N) is 1. The highest BCUT2D eigenvalue weighted by atomic mass is 31.2. The lowest BCUT2D eigenvalue weighted by molar-refractivity contribution is -0.129. The Morgan fingerprint density at radius 1 is 0.576 bits per heavy atom. The largest absolute Gasteiger partial charge is 0.379 e. The smallest absolute Gasteiger partial charge is 0.356 e. The number of rotatable bonds is 41. The molecule has 59 heavy (non-hydrogen) atoms. The van der Waals surface area contributed by atoms with Crippen LogP contribution in [0.15, 0.2) is 0 Å². The standard InChI is InChI=1S/C39H71N4O15P/c1-3-23-55-27-28-56-24-8-11-32(45)15-18-36(48)42-22-26-58-30-29-57-25-9-12-33(46)16-19-37(49)43-34(38(40)50)13-5-7-21-41-35(47)17-14-31(44)10-4-6-20-39(2,51)59(52,53)54/h34,51H,3-30H2,1-2H3,(H2,40,50)(H,41,47)(H,42,48)(H,43,49)(H2,52,53,54)/t34-,39?/m0/s1. The summed E-state index contributed by atoms with van der Waals surface area (Å²) in [6.45, 7) is 7.13. The Hall–Kier alpha value is -3.16. The fourth-order valence-corrected chi connectivity index (χ4v) is 5.73. The highest BCUT2D eigenvalue weighted by Gasteiger charge is 2.39. The molecule has 2 atom stereocenters. The van der Waals surface area contributed by atoms with Crippen LogP contribution >= 0.6 is 7.60 Å². The molecule has 0 saturated carbocycles. The van der Waals surface area contributed by atoms with Crippen molar-refractivity contribution >= 4 is 48.6 Å². The monoisotopic (exact) mass is 866 g/mol. The van der Waals surface area contributed by atoms with Gasteiger partial charge in [0.15, 0.2) is 5.34 Å². The first-order valence-corrected chi connectivity index (χ1v) is 22.4. The lowest BCUT2D eigenvalue weighted by Gasteiger charge is -2.23. The number of amides is 4. The maximum atomic E-state index is 12.4. The zero-order chi connectivity index (χ0) is 44.4. The van der Waals surface area contributed by atoms with Gasteiger partial charge in [-0.2, -0.15) is 0 Å². The van der Waals surface area contributed by atoms with E-state index in [1.807, 2.05) is 6.92 Å². The van der Waals surface area contributed by atoms with Gasteiger partial charge in [-0.05, 0) is 64.7 Å². The Labute approximate surface area is 348 Å². The quantitative estimate of drug-likeness (QED) is 0.0341. The molecule has 19 nitrogen and oxygen atoms in total. The van der Waals surface area contributed by atoms with Gasteiger partial charge in [-0.3, -0.25) is 38.1 Å². The fraction of sp³-hybridized carbons (Fsp3) is 0.821. The van der Waals surface area contributed by atoms with Gasteiger partial charge in [0.05, 0.1) is 33.0 Å². The highest BCUT2D eigenvalue weighted by molar-refractivity contribution is 7.53. The van der Waals surface area contributed by atoms with Crippen LogP contribution in [-0.2, 0) is 57.1 Å². The summed E-state index contributed by atoms with van der Waals surface area (Å²) in [7, 11) is -4.67. The number of ether oxygens (including phenoxy) is 4. The van der Waals surface area contributed by atoms with E-state index in [0.29, 0.717) is 91.3 Å². The first-order valence-electron chi connectivity index (χ1n) is 20.7. The summed E-state index contributed by atoms with van der Waals surface area (Å²) < 4.78 is 32.8. The van der Waals surface area contributed by atoms with E-state index in [1.165, 1.54) is 0 Å². The fourth-order valence-electron chi connectivity index (χ4n) is 5.29. The molecule has 0 aliphatic heterocycles. The topological polar surface area (TPSA) is 296 Å². The molecule has 4 amide bonds. The van der Waals surface area contributed by atoms with Crippen LogP contribution in [0.1, 0.15) is 129 Å². The van der Waals surface area contributed by atoms with Crippen molar-refractivity contribution in [3.05, 3.63) is 0 Å². The molecule has 0 bridgehead atoms. The van der Waals surface area contributed by atoms with E-state index in [4.69, 9.17) is 34.5 Å². The van der Waals surface area contributed by atoms with Crippen molar-refractivity contribution in [2.75, 3.05) is 65.9 Å². The zero-order valence-electron chi connectivity index (χ0n) is 35.1.